The van der Waals surface area contributed by atoms with Gasteiger partial charge in [-0.25, -0.2) is 9.18 Å². The number of rotatable bonds is 3. The molecule has 6 heteroatoms. The summed E-state index contributed by atoms with van der Waals surface area (Å²) in [6.07, 6.45) is 0. The summed E-state index contributed by atoms with van der Waals surface area (Å²) in [5.41, 5.74) is 0.832. The van der Waals surface area contributed by atoms with E-state index in [0.717, 1.165) is 6.07 Å². The number of carbonyl (C=O) groups is 2. The van der Waals surface area contributed by atoms with Gasteiger partial charge >= 0.3 is 5.97 Å². The first-order chi connectivity index (χ1) is 9.88. The van der Waals surface area contributed by atoms with Gasteiger partial charge in [0.05, 0.1) is 11.1 Å². The van der Waals surface area contributed by atoms with Gasteiger partial charge in [0.2, 0.25) is 0 Å². The van der Waals surface area contributed by atoms with Crippen LogP contribution >= 0.6 is 11.6 Å². The minimum Gasteiger partial charge on any atom is -0.478 e. The molecule has 2 N–H and O–H groups in total. The maximum atomic E-state index is 13.6. The van der Waals surface area contributed by atoms with Crippen molar-refractivity contribution in [2.75, 3.05) is 5.32 Å². The molecule has 0 radical (unpaired) electrons. The Balaban J connectivity index is 2.26. The average Bonchev–Trinajstić information content (AvgIpc) is 2.41. The van der Waals surface area contributed by atoms with Gasteiger partial charge in [-0.3, -0.25) is 4.79 Å². The van der Waals surface area contributed by atoms with Crippen molar-refractivity contribution < 1.29 is 19.1 Å². The van der Waals surface area contributed by atoms with Crippen LogP contribution in [0.1, 0.15) is 26.3 Å². The van der Waals surface area contributed by atoms with E-state index in [4.69, 9.17) is 16.7 Å². The molecule has 0 saturated heterocycles. The van der Waals surface area contributed by atoms with Crippen LogP contribution in [-0.4, -0.2) is 17.0 Å². The van der Waals surface area contributed by atoms with Crippen LogP contribution in [0.2, 0.25) is 5.02 Å². The van der Waals surface area contributed by atoms with Crippen LogP contribution < -0.4 is 5.32 Å². The van der Waals surface area contributed by atoms with E-state index in [1.54, 1.807) is 6.92 Å². The highest BCUT2D eigenvalue weighted by atomic mass is 35.5. The van der Waals surface area contributed by atoms with Gasteiger partial charge in [0.15, 0.2) is 0 Å². The number of hydrogen-bond acceptors (Lipinski definition) is 2. The fourth-order valence-corrected chi connectivity index (χ4v) is 2.02. The monoisotopic (exact) mass is 307 g/mol. The summed E-state index contributed by atoms with van der Waals surface area (Å²) in [5.74, 6) is -2.39. The largest absolute Gasteiger partial charge is 0.478 e. The molecular formula is C15H11ClFNO3. The number of carboxylic acid groups (broad SMARTS) is 1. The predicted molar refractivity (Wildman–Crippen MR) is 77.5 cm³/mol. The zero-order valence-electron chi connectivity index (χ0n) is 11.0. The summed E-state index contributed by atoms with van der Waals surface area (Å²) in [5, 5.41) is 11.7. The molecule has 0 aliphatic carbocycles. The number of hydrogen-bond donors (Lipinski definition) is 2. The lowest BCUT2D eigenvalue weighted by molar-refractivity contribution is 0.0696. The van der Waals surface area contributed by atoms with Crippen LogP contribution in [0.25, 0.3) is 0 Å². The fourth-order valence-electron chi connectivity index (χ4n) is 1.85. The van der Waals surface area contributed by atoms with Crippen molar-refractivity contribution in [3.8, 4) is 0 Å². The van der Waals surface area contributed by atoms with Gasteiger partial charge in [-0.1, -0.05) is 11.6 Å². The smallest absolute Gasteiger partial charge is 0.335 e. The third kappa shape index (κ3) is 3.38. The number of aryl methyl sites for hydroxylation is 1. The third-order valence-electron chi connectivity index (χ3n) is 2.89. The van der Waals surface area contributed by atoms with E-state index >= 15 is 0 Å². The molecule has 0 saturated carbocycles. The van der Waals surface area contributed by atoms with Crippen molar-refractivity contribution in [2.45, 2.75) is 6.92 Å². The van der Waals surface area contributed by atoms with Crippen molar-refractivity contribution in [3.63, 3.8) is 0 Å². The molecule has 2 aromatic carbocycles. The highest BCUT2D eigenvalue weighted by Gasteiger charge is 2.14. The fraction of sp³-hybridized carbons (Fsp3) is 0.0667. The molecule has 21 heavy (non-hydrogen) atoms. The van der Waals surface area contributed by atoms with E-state index in [1.807, 2.05) is 0 Å². The summed E-state index contributed by atoms with van der Waals surface area (Å²) < 4.78 is 13.6. The van der Waals surface area contributed by atoms with E-state index in [1.165, 1.54) is 30.3 Å². The second kappa shape index (κ2) is 5.93. The summed E-state index contributed by atoms with van der Waals surface area (Å²) in [6, 6.07) is 8.00. The van der Waals surface area contributed by atoms with Crippen LogP contribution in [0, 0.1) is 12.7 Å². The number of nitrogens with one attached hydrogen (secondary N) is 1. The van der Waals surface area contributed by atoms with Crippen LogP contribution in [0.3, 0.4) is 0 Å². The molecule has 0 atom stereocenters. The van der Waals surface area contributed by atoms with Crippen LogP contribution in [0.5, 0.6) is 0 Å². The molecule has 0 aromatic heterocycles. The van der Waals surface area contributed by atoms with Gasteiger partial charge in [0, 0.05) is 10.7 Å². The number of benzene rings is 2. The van der Waals surface area contributed by atoms with E-state index in [9.17, 15) is 14.0 Å². The van der Waals surface area contributed by atoms with Gasteiger partial charge in [0.1, 0.15) is 5.82 Å². The third-order valence-corrected chi connectivity index (χ3v) is 3.12. The Morgan fingerprint density at radius 2 is 1.86 bits per heavy atom. The Bertz CT molecular complexity index is 731. The van der Waals surface area contributed by atoms with Gasteiger partial charge < -0.3 is 10.4 Å². The molecule has 0 aliphatic heterocycles. The van der Waals surface area contributed by atoms with Crippen LogP contribution in [0.4, 0.5) is 10.1 Å². The lowest BCUT2D eigenvalue weighted by Crippen LogP contribution is -2.14. The Hall–Kier alpha value is -2.40. The molecule has 0 heterocycles. The SMILES string of the molecule is Cc1cc(NC(=O)c2cc(Cl)ccc2F)ccc1C(=O)O. The van der Waals surface area contributed by atoms with Gasteiger partial charge in [-0.05, 0) is 48.9 Å². The Labute approximate surface area is 125 Å². The maximum Gasteiger partial charge on any atom is 0.335 e. The first-order valence-electron chi connectivity index (χ1n) is 5.99. The molecule has 0 aliphatic rings. The lowest BCUT2D eigenvalue weighted by atomic mass is 10.1. The molecule has 1 amide bonds. The van der Waals surface area contributed by atoms with E-state index in [0.29, 0.717) is 11.3 Å². The molecule has 2 aromatic rings. The highest BCUT2D eigenvalue weighted by molar-refractivity contribution is 6.31. The normalized spacial score (nSPS) is 10.2. The second-order valence-electron chi connectivity index (χ2n) is 4.41. The Kier molecular flexibility index (Phi) is 4.23. The number of halogens is 2. The van der Waals surface area contributed by atoms with Crippen LogP contribution in [-0.2, 0) is 0 Å². The summed E-state index contributed by atoms with van der Waals surface area (Å²) in [4.78, 5) is 22.9. The summed E-state index contributed by atoms with van der Waals surface area (Å²) in [7, 11) is 0. The Morgan fingerprint density at radius 1 is 1.14 bits per heavy atom. The van der Waals surface area contributed by atoms with Crippen molar-refractivity contribution >= 4 is 29.2 Å². The standard InChI is InChI=1S/C15H11ClFNO3/c1-8-6-10(3-4-11(8)15(20)21)18-14(19)12-7-9(16)2-5-13(12)17/h2-7H,1H3,(H,18,19)(H,20,21). The van der Waals surface area contributed by atoms with Crippen molar-refractivity contribution in [2.24, 2.45) is 0 Å². The van der Waals surface area contributed by atoms with E-state index < -0.39 is 17.7 Å². The molecule has 0 bridgehead atoms. The zero-order chi connectivity index (χ0) is 15.6. The average molecular weight is 308 g/mol. The maximum absolute atomic E-state index is 13.6. The number of aromatic carboxylic acids is 1. The van der Waals surface area contributed by atoms with Gasteiger partial charge in [0.25, 0.3) is 5.91 Å². The highest BCUT2D eigenvalue weighted by Crippen LogP contribution is 2.19. The summed E-state index contributed by atoms with van der Waals surface area (Å²) >= 11 is 5.73. The second-order valence-corrected chi connectivity index (χ2v) is 4.85. The Morgan fingerprint density at radius 3 is 2.48 bits per heavy atom. The van der Waals surface area contributed by atoms with Crippen LogP contribution in [0.15, 0.2) is 36.4 Å². The molecular weight excluding hydrogens is 297 g/mol. The van der Waals surface area contributed by atoms with Gasteiger partial charge in [-0.2, -0.15) is 0 Å². The topological polar surface area (TPSA) is 66.4 Å². The van der Waals surface area contributed by atoms with Crippen molar-refractivity contribution in [1.29, 1.82) is 0 Å². The molecule has 2 rings (SSSR count). The molecule has 108 valence electrons. The lowest BCUT2D eigenvalue weighted by Gasteiger charge is -2.08. The minimum atomic E-state index is -1.05. The predicted octanol–water partition coefficient (Wildman–Crippen LogP) is 3.74. The molecule has 0 spiro atoms. The number of amides is 1. The van der Waals surface area contributed by atoms with Crippen molar-refractivity contribution in [1.82, 2.24) is 0 Å². The van der Waals surface area contributed by atoms with E-state index in [-0.39, 0.29) is 16.1 Å². The number of carbonyl (C=O) groups excluding carboxylic acids is 1. The first kappa shape index (κ1) is 15.0. The zero-order valence-corrected chi connectivity index (χ0v) is 11.7. The number of carboxylic acids is 1. The van der Waals surface area contributed by atoms with Gasteiger partial charge in [-0.15, -0.1) is 0 Å². The summed E-state index contributed by atoms with van der Waals surface area (Å²) in [6.45, 7) is 1.61. The van der Waals surface area contributed by atoms with E-state index in [2.05, 4.69) is 5.32 Å². The molecule has 0 unspecified atom stereocenters. The quantitative estimate of drug-likeness (QED) is 0.907. The molecule has 4 nitrogen and oxygen atoms in total. The molecule has 0 fully saturated rings. The minimum absolute atomic E-state index is 0.141. The number of anilines is 1. The van der Waals surface area contributed by atoms with Crippen molar-refractivity contribution in [3.05, 3.63) is 63.9 Å². The first-order valence-corrected chi connectivity index (χ1v) is 6.36.